The van der Waals surface area contributed by atoms with Gasteiger partial charge in [-0.1, -0.05) is 22.0 Å². The molecule has 5 N–H and O–H groups in total. The average Bonchev–Trinajstić information content (AvgIpc) is 2.76. The van der Waals surface area contributed by atoms with Crippen LogP contribution < -0.4 is 16.8 Å². The van der Waals surface area contributed by atoms with Gasteiger partial charge in [-0.2, -0.15) is 0 Å². The third kappa shape index (κ3) is 2.43. The van der Waals surface area contributed by atoms with Crippen LogP contribution in [0.1, 0.15) is 21.5 Å². The molecule has 7 heteroatoms. The Kier molecular flexibility index (Phi) is 3.46. The predicted molar refractivity (Wildman–Crippen MR) is 86.6 cm³/mol. The number of carbonyl (C=O) groups excluding carboxylic acids is 2. The van der Waals surface area contributed by atoms with Gasteiger partial charge in [0.05, 0.1) is 5.56 Å². The first-order valence-electron chi connectivity index (χ1n) is 6.28. The molecule has 0 aliphatic heterocycles. The summed E-state index contributed by atoms with van der Waals surface area (Å²) in [6.45, 7) is 0. The van der Waals surface area contributed by atoms with E-state index in [9.17, 15) is 9.59 Å². The topological polar surface area (TPSA) is 98.2 Å². The zero-order valence-corrected chi connectivity index (χ0v) is 13.3. The largest absolute Gasteiger partial charge is 0.365 e. The summed E-state index contributed by atoms with van der Waals surface area (Å²) in [6.07, 6.45) is 1.56. The molecule has 0 radical (unpaired) electrons. The van der Waals surface area contributed by atoms with Crippen LogP contribution in [0.25, 0.3) is 10.4 Å². The highest BCUT2D eigenvalue weighted by molar-refractivity contribution is 9.10. The Morgan fingerprint density at radius 2 is 2.00 bits per heavy atom. The highest BCUT2D eigenvalue weighted by Gasteiger charge is 2.27. The number of benzene rings is 1. The molecule has 1 aliphatic carbocycles. The molecule has 5 nitrogen and oxygen atoms in total. The molecule has 3 amide bonds. The van der Waals surface area contributed by atoms with E-state index in [4.69, 9.17) is 11.5 Å². The summed E-state index contributed by atoms with van der Waals surface area (Å²) in [4.78, 5) is 23.8. The molecule has 0 atom stereocenters. The van der Waals surface area contributed by atoms with Crippen molar-refractivity contribution in [1.29, 1.82) is 0 Å². The van der Waals surface area contributed by atoms with Crippen LogP contribution in [0.4, 0.5) is 9.80 Å². The lowest BCUT2D eigenvalue weighted by Gasteiger charge is -2.17. The number of carbonyl (C=O) groups is 2. The number of fused-ring (bicyclic) bond motifs is 3. The summed E-state index contributed by atoms with van der Waals surface area (Å²) >= 11 is 4.80. The van der Waals surface area contributed by atoms with Gasteiger partial charge in [-0.25, -0.2) is 4.79 Å². The maximum absolute atomic E-state index is 11.7. The number of hydrogen-bond donors (Lipinski definition) is 3. The van der Waals surface area contributed by atoms with E-state index in [1.165, 1.54) is 16.9 Å². The van der Waals surface area contributed by atoms with Crippen LogP contribution in [-0.2, 0) is 12.8 Å². The van der Waals surface area contributed by atoms with Crippen LogP contribution in [0, 0.1) is 0 Å². The normalized spacial score (nSPS) is 12.4. The van der Waals surface area contributed by atoms with Gasteiger partial charge in [0.2, 0.25) is 0 Å². The van der Waals surface area contributed by atoms with E-state index in [0.29, 0.717) is 10.6 Å². The van der Waals surface area contributed by atoms with E-state index in [1.54, 1.807) is 0 Å². The summed E-state index contributed by atoms with van der Waals surface area (Å²) in [5, 5.41) is 2.93. The van der Waals surface area contributed by atoms with Crippen LogP contribution in [0.3, 0.4) is 0 Å². The molecule has 0 unspecified atom stereocenters. The van der Waals surface area contributed by atoms with Gasteiger partial charge in [-0.15, -0.1) is 11.3 Å². The van der Waals surface area contributed by atoms with Crippen LogP contribution in [0.15, 0.2) is 22.7 Å². The number of amides is 3. The number of hydrogen-bond acceptors (Lipinski definition) is 3. The first-order chi connectivity index (χ1) is 9.97. The van der Waals surface area contributed by atoms with Crippen molar-refractivity contribution in [2.75, 3.05) is 5.32 Å². The molecular formula is C14H12BrN3O2S. The molecule has 3 rings (SSSR count). The minimum Gasteiger partial charge on any atom is -0.365 e. The summed E-state index contributed by atoms with van der Waals surface area (Å²) in [5.41, 5.74) is 14.2. The zero-order chi connectivity index (χ0) is 15.1. The number of aryl methyl sites for hydroxylation is 1. The lowest BCUT2D eigenvalue weighted by Crippen LogP contribution is -2.22. The molecule has 0 spiro atoms. The Labute approximate surface area is 133 Å². The van der Waals surface area contributed by atoms with Crippen molar-refractivity contribution in [3.63, 3.8) is 0 Å². The van der Waals surface area contributed by atoms with Gasteiger partial charge in [0, 0.05) is 9.35 Å². The van der Waals surface area contributed by atoms with E-state index in [-0.39, 0.29) is 0 Å². The van der Waals surface area contributed by atoms with Crippen molar-refractivity contribution >= 4 is 44.2 Å². The molecule has 0 fully saturated rings. The minimum atomic E-state index is -0.703. The quantitative estimate of drug-likeness (QED) is 0.762. The Morgan fingerprint density at radius 1 is 1.24 bits per heavy atom. The van der Waals surface area contributed by atoms with Gasteiger partial charge in [0.25, 0.3) is 5.91 Å². The molecule has 21 heavy (non-hydrogen) atoms. The zero-order valence-electron chi connectivity index (χ0n) is 10.9. The number of nitrogens with two attached hydrogens (primary N) is 2. The van der Waals surface area contributed by atoms with Crippen LogP contribution in [0.5, 0.6) is 0 Å². The van der Waals surface area contributed by atoms with Gasteiger partial charge in [0.15, 0.2) is 0 Å². The number of anilines is 1. The third-order valence-electron chi connectivity index (χ3n) is 3.45. The number of halogens is 1. The summed E-state index contributed by atoms with van der Waals surface area (Å²) < 4.78 is 0.965. The second-order valence-electron chi connectivity index (χ2n) is 4.77. The van der Waals surface area contributed by atoms with E-state index in [0.717, 1.165) is 33.3 Å². The lowest BCUT2D eigenvalue weighted by molar-refractivity contribution is 0.100. The number of primary amides is 2. The monoisotopic (exact) mass is 365 g/mol. The van der Waals surface area contributed by atoms with E-state index >= 15 is 0 Å². The summed E-state index contributed by atoms with van der Waals surface area (Å²) in [5.74, 6) is -0.547. The van der Waals surface area contributed by atoms with Crippen molar-refractivity contribution < 1.29 is 9.59 Å². The second kappa shape index (κ2) is 5.16. The van der Waals surface area contributed by atoms with E-state index in [1.807, 2.05) is 12.1 Å². The predicted octanol–water partition coefficient (Wildman–Crippen LogP) is 2.87. The fraction of sp³-hybridized carbons (Fsp3) is 0.143. The average molecular weight is 366 g/mol. The van der Waals surface area contributed by atoms with Gasteiger partial charge in [0.1, 0.15) is 5.00 Å². The molecule has 0 bridgehead atoms. The second-order valence-corrected chi connectivity index (χ2v) is 6.71. The SMILES string of the molecule is NC(=O)Nc1sc2c(c1C(N)=O)CCc1ccc(Br)cc1-2. The standard InChI is InChI=1S/C14H12BrN3O2S/c15-7-3-1-6-2-4-8-10(12(16)19)13(18-14(17)20)21-11(8)9(6)5-7/h1,3,5H,2,4H2,(H2,16,19)(H3,17,18,20). The number of nitrogens with one attached hydrogen (secondary N) is 1. The van der Waals surface area contributed by atoms with Crippen LogP contribution in [0.2, 0.25) is 0 Å². The summed E-state index contributed by atoms with van der Waals surface area (Å²) in [6, 6.07) is 5.37. The molecule has 1 aromatic heterocycles. The molecule has 108 valence electrons. The van der Waals surface area contributed by atoms with Crippen molar-refractivity contribution in [3.8, 4) is 10.4 Å². The smallest absolute Gasteiger partial charge is 0.317 e. The van der Waals surface area contributed by atoms with Gasteiger partial charge in [-0.05, 0) is 41.7 Å². The lowest BCUT2D eigenvalue weighted by atomic mass is 9.89. The fourth-order valence-electron chi connectivity index (χ4n) is 2.62. The van der Waals surface area contributed by atoms with Crippen molar-refractivity contribution in [2.45, 2.75) is 12.8 Å². The van der Waals surface area contributed by atoms with Gasteiger partial charge in [-0.3, -0.25) is 10.1 Å². The van der Waals surface area contributed by atoms with E-state index < -0.39 is 11.9 Å². The molecule has 0 saturated heterocycles. The fourth-order valence-corrected chi connectivity index (χ4v) is 4.29. The van der Waals surface area contributed by atoms with Crippen LogP contribution in [-0.4, -0.2) is 11.9 Å². The van der Waals surface area contributed by atoms with E-state index in [2.05, 4.69) is 27.3 Å². The van der Waals surface area contributed by atoms with Gasteiger partial charge >= 0.3 is 6.03 Å². The molecule has 1 aromatic carbocycles. The minimum absolute atomic E-state index is 0.374. The first kappa shape index (κ1) is 14.1. The number of urea groups is 1. The van der Waals surface area contributed by atoms with Gasteiger partial charge < -0.3 is 11.5 Å². The molecular weight excluding hydrogens is 354 g/mol. The maximum Gasteiger partial charge on any atom is 0.317 e. The Balaban J connectivity index is 2.23. The Morgan fingerprint density at radius 3 is 2.67 bits per heavy atom. The molecule has 2 aromatic rings. The molecule has 0 saturated carbocycles. The van der Waals surface area contributed by atoms with Crippen molar-refractivity contribution in [1.82, 2.24) is 0 Å². The third-order valence-corrected chi connectivity index (χ3v) is 5.13. The maximum atomic E-state index is 11.7. The Hall–Kier alpha value is -1.86. The molecule has 1 aliphatic rings. The Bertz CT molecular complexity index is 770. The number of thiophene rings is 1. The van der Waals surface area contributed by atoms with Crippen molar-refractivity contribution in [2.24, 2.45) is 11.5 Å². The highest BCUT2D eigenvalue weighted by Crippen LogP contribution is 2.45. The highest BCUT2D eigenvalue weighted by atomic mass is 79.9. The molecule has 1 heterocycles. The summed E-state index contributed by atoms with van der Waals surface area (Å²) in [7, 11) is 0. The van der Waals surface area contributed by atoms with Crippen molar-refractivity contribution in [3.05, 3.63) is 39.4 Å². The first-order valence-corrected chi connectivity index (χ1v) is 7.89. The number of rotatable bonds is 2. The van der Waals surface area contributed by atoms with Crippen LogP contribution >= 0.6 is 27.3 Å².